The number of benzene rings is 1. The summed E-state index contributed by atoms with van der Waals surface area (Å²) in [6.45, 7) is 2.18. The van der Waals surface area contributed by atoms with Crippen LogP contribution in [0.15, 0.2) is 30.3 Å². The highest BCUT2D eigenvalue weighted by atomic mass is 15.0. The summed E-state index contributed by atoms with van der Waals surface area (Å²) in [6.07, 6.45) is 4.51. The fraction of sp³-hybridized carbons (Fsp3) is 0.500. The first-order chi connectivity index (χ1) is 7.77. The molecule has 1 aliphatic carbocycles. The molecule has 1 N–H and O–H groups in total. The zero-order valence-corrected chi connectivity index (χ0v) is 9.74. The number of nitrogens with zero attached hydrogens (tertiary/aromatic N) is 1. The van der Waals surface area contributed by atoms with Crippen LogP contribution in [0.3, 0.4) is 0 Å². The van der Waals surface area contributed by atoms with Gasteiger partial charge in [-0.3, -0.25) is 0 Å². The van der Waals surface area contributed by atoms with Crippen molar-refractivity contribution in [3.05, 3.63) is 30.3 Å². The van der Waals surface area contributed by atoms with Crippen LogP contribution in [0.4, 0.5) is 5.69 Å². The fourth-order valence-electron chi connectivity index (χ4n) is 2.51. The highest BCUT2D eigenvalue weighted by Gasteiger charge is 2.38. The van der Waals surface area contributed by atoms with Crippen molar-refractivity contribution in [3.8, 4) is 6.07 Å². The van der Waals surface area contributed by atoms with Gasteiger partial charge in [0.15, 0.2) is 0 Å². The molecule has 2 heteroatoms. The average Bonchev–Trinajstić information content (AvgIpc) is 2.34. The van der Waals surface area contributed by atoms with Crippen LogP contribution < -0.4 is 5.32 Å². The molecule has 0 heterocycles. The summed E-state index contributed by atoms with van der Waals surface area (Å²) >= 11 is 0. The maximum atomic E-state index is 9.46. The summed E-state index contributed by atoms with van der Waals surface area (Å²) in [5, 5.41) is 12.9. The first-order valence-corrected chi connectivity index (χ1v) is 6.01. The highest BCUT2D eigenvalue weighted by Crippen LogP contribution is 2.35. The minimum absolute atomic E-state index is 0.362. The van der Waals surface area contributed by atoms with Crippen LogP contribution in [0, 0.1) is 17.2 Å². The van der Waals surface area contributed by atoms with E-state index in [0.29, 0.717) is 5.92 Å². The number of rotatable bonds is 2. The quantitative estimate of drug-likeness (QED) is 0.817. The van der Waals surface area contributed by atoms with Gasteiger partial charge in [-0.2, -0.15) is 5.26 Å². The van der Waals surface area contributed by atoms with Gasteiger partial charge in [0.25, 0.3) is 0 Å². The fourth-order valence-corrected chi connectivity index (χ4v) is 2.51. The van der Waals surface area contributed by atoms with Crippen LogP contribution in [0.25, 0.3) is 0 Å². The van der Waals surface area contributed by atoms with Crippen molar-refractivity contribution in [2.75, 3.05) is 5.32 Å². The van der Waals surface area contributed by atoms with E-state index in [9.17, 15) is 5.26 Å². The van der Waals surface area contributed by atoms with Crippen molar-refractivity contribution in [1.29, 1.82) is 5.26 Å². The van der Waals surface area contributed by atoms with Crippen LogP contribution in [0.2, 0.25) is 0 Å². The van der Waals surface area contributed by atoms with Gasteiger partial charge in [0.2, 0.25) is 0 Å². The van der Waals surface area contributed by atoms with Crippen LogP contribution in [-0.4, -0.2) is 5.54 Å². The molecule has 2 unspecified atom stereocenters. The van der Waals surface area contributed by atoms with Gasteiger partial charge in [-0.05, 0) is 30.9 Å². The first kappa shape index (κ1) is 11.0. The Kier molecular flexibility index (Phi) is 3.14. The molecule has 2 atom stereocenters. The molecule has 1 saturated carbocycles. The number of anilines is 1. The summed E-state index contributed by atoms with van der Waals surface area (Å²) in [6, 6.07) is 12.6. The molecule has 0 aromatic heterocycles. The normalized spacial score (nSPS) is 29.4. The Labute approximate surface area is 97.3 Å². The molecular formula is C14H18N2. The van der Waals surface area contributed by atoms with E-state index in [1.807, 2.05) is 30.3 Å². The van der Waals surface area contributed by atoms with Gasteiger partial charge in [-0.15, -0.1) is 0 Å². The number of para-hydroxylation sites is 1. The lowest BCUT2D eigenvalue weighted by molar-refractivity contribution is 0.286. The van der Waals surface area contributed by atoms with Crippen LogP contribution >= 0.6 is 0 Å². The summed E-state index contributed by atoms with van der Waals surface area (Å²) in [5.41, 5.74) is 0.692. The minimum atomic E-state index is -0.362. The largest absolute Gasteiger partial charge is 0.367 e. The third-order valence-corrected chi connectivity index (χ3v) is 3.64. The first-order valence-electron chi connectivity index (χ1n) is 6.01. The molecule has 2 nitrogen and oxygen atoms in total. The van der Waals surface area contributed by atoms with Crippen molar-refractivity contribution in [3.63, 3.8) is 0 Å². The Morgan fingerprint density at radius 1 is 1.31 bits per heavy atom. The minimum Gasteiger partial charge on any atom is -0.367 e. The van der Waals surface area contributed by atoms with E-state index in [2.05, 4.69) is 18.3 Å². The maximum absolute atomic E-state index is 9.46. The summed E-state index contributed by atoms with van der Waals surface area (Å²) in [7, 11) is 0. The van der Waals surface area contributed by atoms with Crippen LogP contribution in [0.1, 0.15) is 32.6 Å². The second kappa shape index (κ2) is 4.57. The van der Waals surface area contributed by atoms with Crippen LogP contribution in [-0.2, 0) is 0 Å². The molecule has 1 fully saturated rings. The van der Waals surface area contributed by atoms with E-state index in [4.69, 9.17) is 0 Å². The number of hydrogen-bond donors (Lipinski definition) is 1. The number of hydrogen-bond acceptors (Lipinski definition) is 2. The SMILES string of the molecule is CC1CCCCC1(C#N)Nc1ccccc1. The lowest BCUT2D eigenvalue weighted by atomic mass is 9.74. The topological polar surface area (TPSA) is 35.8 Å². The predicted octanol–water partition coefficient (Wildman–Crippen LogP) is 3.57. The monoisotopic (exact) mass is 214 g/mol. The van der Waals surface area contributed by atoms with Crippen molar-refractivity contribution in [2.24, 2.45) is 5.92 Å². The maximum Gasteiger partial charge on any atom is 0.127 e. The van der Waals surface area contributed by atoms with Crippen molar-refractivity contribution >= 4 is 5.69 Å². The third-order valence-electron chi connectivity index (χ3n) is 3.64. The Bertz CT molecular complexity index is 379. The Balaban J connectivity index is 2.19. The summed E-state index contributed by atoms with van der Waals surface area (Å²) in [4.78, 5) is 0. The standard InChI is InChI=1S/C14H18N2/c1-12-7-5-6-10-14(12,11-15)16-13-8-3-2-4-9-13/h2-4,8-9,12,16H,5-7,10H2,1H3. The van der Waals surface area contributed by atoms with Crippen LogP contribution in [0.5, 0.6) is 0 Å². The summed E-state index contributed by atoms with van der Waals surface area (Å²) in [5.74, 6) is 0.423. The molecule has 0 spiro atoms. The van der Waals surface area contributed by atoms with Gasteiger partial charge in [0.05, 0.1) is 6.07 Å². The smallest absolute Gasteiger partial charge is 0.127 e. The second-order valence-electron chi connectivity index (χ2n) is 4.72. The van der Waals surface area contributed by atoms with E-state index < -0.39 is 0 Å². The molecule has 1 aliphatic rings. The molecule has 1 aromatic carbocycles. The molecule has 0 saturated heterocycles. The van der Waals surface area contributed by atoms with Gasteiger partial charge < -0.3 is 5.32 Å². The molecule has 0 aliphatic heterocycles. The second-order valence-corrected chi connectivity index (χ2v) is 4.72. The average molecular weight is 214 g/mol. The Hall–Kier alpha value is -1.49. The third kappa shape index (κ3) is 2.04. The predicted molar refractivity (Wildman–Crippen MR) is 66.0 cm³/mol. The van der Waals surface area contributed by atoms with Gasteiger partial charge in [0.1, 0.15) is 5.54 Å². The Morgan fingerprint density at radius 2 is 2.06 bits per heavy atom. The van der Waals surface area contributed by atoms with E-state index in [0.717, 1.165) is 24.9 Å². The van der Waals surface area contributed by atoms with Crippen molar-refractivity contribution in [2.45, 2.75) is 38.1 Å². The van der Waals surface area contributed by atoms with Gasteiger partial charge >= 0.3 is 0 Å². The molecule has 2 rings (SSSR count). The highest BCUT2D eigenvalue weighted by molar-refractivity contribution is 5.48. The molecular weight excluding hydrogens is 196 g/mol. The van der Waals surface area contributed by atoms with E-state index in [1.165, 1.54) is 6.42 Å². The van der Waals surface area contributed by atoms with Crippen molar-refractivity contribution < 1.29 is 0 Å². The van der Waals surface area contributed by atoms with Gasteiger partial charge in [-0.1, -0.05) is 38.0 Å². The molecule has 84 valence electrons. The van der Waals surface area contributed by atoms with Crippen molar-refractivity contribution in [1.82, 2.24) is 0 Å². The van der Waals surface area contributed by atoms with E-state index >= 15 is 0 Å². The summed E-state index contributed by atoms with van der Waals surface area (Å²) < 4.78 is 0. The zero-order chi connectivity index (χ0) is 11.4. The van der Waals surface area contributed by atoms with Gasteiger partial charge in [0, 0.05) is 5.69 Å². The molecule has 0 bridgehead atoms. The molecule has 1 aromatic rings. The number of nitriles is 1. The van der Waals surface area contributed by atoms with E-state index in [-0.39, 0.29) is 5.54 Å². The molecule has 0 radical (unpaired) electrons. The lowest BCUT2D eigenvalue weighted by Gasteiger charge is -2.38. The lowest BCUT2D eigenvalue weighted by Crippen LogP contribution is -2.45. The van der Waals surface area contributed by atoms with Gasteiger partial charge in [-0.25, -0.2) is 0 Å². The van der Waals surface area contributed by atoms with E-state index in [1.54, 1.807) is 0 Å². The molecule has 16 heavy (non-hydrogen) atoms. The Morgan fingerprint density at radius 3 is 2.69 bits per heavy atom. The number of nitrogens with one attached hydrogen (secondary N) is 1. The molecule has 0 amide bonds. The zero-order valence-electron chi connectivity index (χ0n) is 9.74.